The molecule has 2 amide bonds. The summed E-state index contributed by atoms with van der Waals surface area (Å²) in [5.74, 6) is -1.12. The monoisotopic (exact) mass is 671 g/mol. The molecule has 4 aromatic rings. The molecule has 2 aliphatic rings. The van der Waals surface area contributed by atoms with E-state index in [1.54, 1.807) is 19.1 Å². The number of hydrogen-bond donors (Lipinski definition) is 3. The highest BCUT2D eigenvalue weighted by Gasteiger charge is 2.47. The Kier molecular flexibility index (Phi) is 8.56. The van der Waals surface area contributed by atoms with Crippen molar-refractivity contribution in [2.45, 2.75) is 56.8 Å². The molecule has 1 atom stereocenters. The molecule has 248 valence electrons. The van der Waals surface area contributed by atoms with Gasteiger partial charge in [-0.05, 0) is 62.8 Å². The van der Waals surface area contributed by atoms with Crippen LogP contribution in [0.25, 0.3) is 22.2 Å². The Morgan fingerprint density at radius 1 is 1.17 bits per heavy atom. The van der Waals surface area contributed by atoms with Crippen molar-refractivity contribution in [3.05, 3.63) is 70.0 Å². The van der Waals surface area contributed by atoms with Gasteiger partial charge in [0, 0.05) is 28.3 Å². The van der Waals surface area contributed by atoms with Gasteiger partial charge in [0.2, 0.25) is 5.91 Å². The van der Waals surface area contributed by atoms with Crippen molar-refractivity contribution in [2.24, 2.45) is 11.7 Å². The van der Waals surface area contributed by atoms with E-state index >= 15 is 0 Å². The number of fused-ring (bicyclic) bond motifs is 1. The standard InChI is InChI=1S/C33H33ClF3N5O5/c1-3-47-30-17(14-26(38)43)13-25(40-29(30)22-5-4-6-23(27(22)34)33(35,36)37)32(45,20-7-8-20)16-39-31(44)18-11-19-15-42(21-9-10-21)41-28(19)24(12-18)46-2/h4-6,11-13,15,20-21,45H,3,7-10,14,16H2,1-2H3,(H2,38,43)(H,39,44)/t32-/m1/s1. The molecule has 47 heavy (non-hydrogen) atoms. The number of aliphatic hydroxyl groups is 1. The van der Waals surface area contributed by atoms with Crippen LogP contribution in [0.15, 0.2) is 42.6 Å². The van der Waals surface area contributed by atoms with E-state index in [0.29, 0.717) is 30.1 Å². The fraction of sp³-hybridized carbons (Fsp3) is 0.394. The van der Waals surface area contributed by atoms with Crippen molar-refractivity contribution in [1.82, 2.24) is 20.1 Å². The number of benzene rings is 2. The van der Waals surface area contributed by atoms with Crippen LogP contribution in [0, 0.1) is 5.92 Å². The highest BCUT2D eigenvalue weighted by molar-refractivity contribution is 6.34. The number of alkyl halides is 3. The summed E-state index contributed by atoms with van der Waals surface area (Å²) in [4.78, 5) is 30.3. The molecule has 2 fully saturated rings. The van der Waals surface area contributed by atoms with Gasteiger partial charge in [0.25, 0.3) is 5.91 Å². The van der Waals surface area contributed by atoms with E-state index in [9.17, 15) is 27.9 Å². The Morgan fingerprint density at radius 3 is 2.53 bits per heavy atom. The number of nitrogens with zero attached hydrogens (tertiary/aromatic N) is 3. The molecule has 2 saturated carbocycles. The number of ether oxygens (including phenoxy) is 2. The number of rotatable bonds is 12. The van der Waals surface area contributed by atoms with Crippen molar-refractivity contribution in [2.75, 3.05) is 20.3 Å². The summed E-state index contributed by atoms with van der Waals surface area (Å²) in [7, 11) is 1.49. The molecular weight excluding hydrogens is 639 g/mol. The molecule has 4 N–H and O–H groups in total. The fourth-order valence-electron chi connectivity index (χ4n) is 5.81. The Labute approximate surface area is 273 Å². The number of amides is 2. The first-order valence-electron chi connectivity index (χ1n) is 15.2. The highest BCUT2D eigenvalue weighted by Crippen LogP contribution is 2.48. The minimum Gasteiger partial charge on any atom is -0.494 e. The van der Waals surface area contributed by atoms with Crippen molar-refractivity contribution >= 4 is 34.3 Å². The third kappa shape index (κ3) is 6.46. The summed E-state index contributed by atoms with van der Waals surface area (Å²) >= 11 is 6.32. The number of hydrogen-bond acceptors (Lipinski definition) is 7. The molecule has 2 aliphatic carbocycles. The first-order valence-corrected chi connectivity index (χ1v) is 15.6. The van der Waals surface area contributed by atoms with E-state index in [1.807, 2.05) is 10.9 Å². The maximum absolute atomic E-state index is 13.8. The quantitative estimate of drug-likeness (QED) is 0.179. The first kappa shape index (κ1) is 32.6. The number of carbonyl (C=O) groups excluding carboxylic acids is 2. The largest absolute Gasteiger partial charge is 0.494 e. The van der Waals surface area contributed by atoms with Gasteiger partial charge >= 0.3 is 6.18 Å². The van der Waals surface area contributed by atoms with E-state index in [1.165, 1.54) is 25.3 Å². The van der Waals surface area contributed by atoms with Crippen LogP contribution >= 0.6 is 11.6 Å². The molecular formula is C33H33ClF3N5O5. The smallest absolute Gasteiger partial charge is 0.417 e. The van der Waals surface area contributed by atoms with Crippen molar-refractivity contribution in [1.29, 1.82) is 0 Å². The van der Waals surface area contributed by atoms with Crippen LogP contribution in [0.1, 0.15) is 65.8 Å². The lowest BCUT2D eigenvalue weighted by Crippen LogP contribution is -2.43. The molecule has 0 radical (unpaired) electrons. The molecule has 10 nitrogen and oxygen atoms in total. The van der Waals surface area contributed by atoms with E-state index in [0.717, 1.165) is 24.3 Å². The van der Waals surface area contributed by atoms with Gasteiger partial charge in [0.05, 0.1) is 49.0 Å². The van der Waals surface area contributed by atoms with Crippen molar-refractivity contribution < 1.29 is 37.3 Å². The maximum atomic E-state index is 13.8. The minimum absolute atomic E-state index is 0.0191. The number of methoxy groups -OCH3 is 1. The van der Waals surface area contributed by atoms with Crippen molar-refractivity contribution in [3.8, 4) is 22.8 Å². The predicted molar refractivity (Wildman–Crippen MR) is 167 cm³/mol. The molecule has 0 spiro atoms. The van der Waals surface area contributed by atoms with Crippen molar-refractivity contribution in [3.63, 3.8) is 0 Å². The Hall–Kier alpha value is -4.36. The molecule has 6 rings (SSSR count). The summed E-state index contributed by atoms with van der Waals surface area (Å²) < 4.78 is 54.7. The molecule has 14 heteroatoms. The predicted octanol–water partition coefficient (Wildman–Crippen LogP) is 5.57. The average Bonchev–Trinajstić information content (AvgIpc) is 3.96. The van der Waals surface area contributed by atoms with Gasteiger partial charge in [0.15, 0.2) is 0 Å². The molecule has 0 bridgehead atoms. The molecule has 2 heterocycles. The minimum atomic E-state index is -4.76. The van der Waals surface area contributed by atoms with Crippen LogP contribution in [0.2, 0.25) is 5.02 Å². The number of nitrogens with one attached hydrogen (secondary N) is 1. The summed E-state index contributed by atoms with van der Waals surface area (Å²) in [5, 5.41) is 19.7. The Bertz CT molecular complexity index is 1870. The number of carbonyl (C=O) groups is 2. The number of nitrogens with two attached hydrogens (primary N) is 1. The molecule has 0 aliphatic heterocycles. The summed E-state index contributed by atoms with van der Waals surface area (Å²) in [5.41, 5.74) is 3.66. The zero-order chi connectivity index (χ0) is 33.7. The van der Waals surface area contributed by atoms with E-state index in [-0.39, 0.29) is 59.3 Å². The molecule has 0 unspecified atom stereocenters. The van der Waals surface area contributed by atoms with Gasteiger partial charge in [-0.3, -0.25) is 14.3 Å². The van der Waals surface area contributed by atoms with Gasteiger partial charge in [-0.2, -0.15) is 18.3 Å². The number of aromatic nitrogens is 3. The maximum Gasteiger partial charge on any atom is 0.417 e. The Morgan fingerprint density at radius 2 is 1.91 bits per heavy atom. The normalized spacial score (nSPS) is 16.1. The average molecular weight is 672 g/mol. The zero-order valence-corrected chi connectivity index (χ0v) is 26.4. The lowest BCUT2D eigenvalue weighted by Gasteiger charge is -2.30. The van der Waals surface area contributed by atoms with Crippen LogP contribution in [0.5, 0.6) is 11.5 Å². The molecule has 0 saturated heterocycles. The third-order valence-corrected chi connectivity index (χ3v) is 8.88. The number of halogens is 4. The summed E-state index contributed by atoms with van der Waals surface area (Å²) in [6, 6.07) is 8.44. The highest BCUT2D eigenvalue weighted by atomic mass is 35.5. The summed E-state index contributed by atoms with van der Waals surface area (Å²) in [6.45, 7) is 1.47. The topological polar surface area (TPSA) is 142 Å². The van der Waals surface area contributed by atoms with Crippen LogP contribution in [-0.4, -0.2) is 51.9 Å². The third-order valence-electron chi connectivity index (χ3n) is 8.47. The van der Waals surface area contributed by atoms with Gasteiger partial charge in [-0.1, -0.05) is 23.7 Å². The zero-order valence-electron chi connectivity index (χ0n) is 25.7. The van der Waals surface area contributed by atoms with Crippen LogP contribution in [0.4, 0.5) is 13.2 Å². The van der Waals surface area contributed by atoms with Crippen LogP contribution in [-0.2, 0) is 23.0 Å². The van der Waals surface area contributed by atoms with E-state index in [4.69, 9.17) is 26.8 Å². The first-order chi connectivity index (χ1) is 22.3. The van der Waals surface area contributed by atoms with E-state index in [2.05, 4.69) is 15.4 Å². The van der Waals surface area contributed by atoms with Gasteiger partial charge < -0.3 is 25.6 Å². The van der Waals surface area contributed by atoms with Gasteiger partial charge in [-0.15, -0.1) is 0 Å². The van der Waals surface area contributed by atoms with Crippen LogP contribution in [0.3, 0.4) is 0 Å². The number of pyridine rings is 1. The van der Waals surface area contributed by atoms with Gasteiger partial charge in [0.1, 0.15) is 28.3 Å². The Balaban J connectivity index is 1.40. The second kappa shape index (κ2) is 12.3. The number of primary amides is 1. The lowest BCUT2D eigenvalue weighted by atomic mass is 9.90. The molecule has 2 aromatic carbocycles. The summed E-state index contributed by atoms with van der Waals surface area (Å²) in [6.07, 6.45) is 0.0388. The SMILES string of the molecule is CCOc1c(CC(N)=O)cc([C@@](O)(CNC(=O)c2cc(OC)c3nn(C4CC4)cc3c2)C2CC2)nc1-c1cccc(C(F)(F)F)c1Cl. The molecule has 2 aromatic heterocycles. The second-order valence-corrected chi connectivity index (χ2v) is 12.3. The van der Waals surface area contributed by atoms with E-state index < -0.39 is 34.2 Å². The van der Waals surface area contributed by atoms with Crippen LogP contribution < -0.4 is 20.5 Å². The van der Waals surface area contributed by atoms with Gasteiger partial charge in [-0.25, -0.2) is 4.98 Å². The lowest BCUT2D eigenvalue weighted by molar-refractivity contribution is -0.137. The fourth-order valence-corrected chi connectivity index (χ4v) is 6.13. The second-order valence-electron chi connectivity index (χ2n) is 11.9.